The van der Waals surface area contributed by atoms with Gasteiger partial charge < -0.3 is 4.90 Å². The minimum Gasteiger partial charge on any atom is -0.303 e. The van der Waals surface area contributed by atoms with Gasteiger partial charge in [0.25, 0.3) is 0 Å². The molecule has 2 bridgehead atoms. The van der Waals surface area contributed by atoms with Gasteiger partial charge in [0.1, 0.15) is 0 Å². The first-order chi connectivity index (χ1) is 10.4. The molecule has 0 aliphatic carbocycles. The first-order valence-electron chi connectivity index (χ1n) is 8.59. The smallest absolute Gasteiger partial charge is 0.00123 e. The van der Waals surface area contributed by atoms with E-state index in [-0.39, 0.29) is 12.4 Å². The Morgan fingerprint density at radius 1 is 0.955 bits per heavy atom. The Kier molecular flexibility index (Phi) is 5.05. The van der Waals surface area contributed by atoms with Crippen LogP contribution in [0, 0.1) is 11.8 Å². The lowest BCUT2D eigenvalue weighted by atomic mass is 9.76. The molecule has 3 aliphatic heterocycles. The summed E-state index contributed by atoms with van der Waals surface area (Å²) in [6.45, 7) is 4.11. The van der Waals surface area contributed by atoms with E-state index >= 15 is 0 Å². The molecule has 118 valence electrons. The fraction of sp³-hybridized carbons (Fsp3) is 0.500. The van der Waals surface area contributed by atoms with Gasteiger partial charge in [-0.1, -0.05) is 42.5 Å². The Balaban J connectivity index is 0.00000144. The summed E-state index contributed by atoms with van der Waals surface area (Å²) >= 11 is 0. The highest BCUT2D eigenvalue weighted by atomic mass is 35.5. The van der Waals surface area contributed by atoms with Gasteiger partial charge >= 0.3 is 0 Å². The minimum atomic E-state index is 0. The lowest BCUT2D eigenvalue weighted by Gasteiger charge is -2.45. The van der Waals surface area contributed by atoms with Crippen LogP contribution in [-0.2, 0) is 6.42 Å². The van der Waals surface area contributed by atoms with E-state index in [0.717, 1.165) is 11.8 Å². The molecule has 0 aromatic heterocycles. The van der Waals surface area contributed by atoms with Crippen LogP contribution in [0.4, 0.5) is 0 Å². The zero-order valence-electron chi connectivity index (χ0n) is 13.2. The highest BCUT2D eigenvalue weighted by molar-refractivity contribution is 5.85. The molecule has 3 fully saturated rings. The molecule has 3 saturated heterocycles. The highest BCUT2D eigenvalue weighted by Gasteiger charge is 2.33. The molecule has 5 rings (SSSR count). The van der Waals surface area contributed by atoms with Crippen LogP contribution in [0.2, 0.25) is 0 Å². The number of halogens is 1. The third kappa shape index (κ3) is 3.16. The summed E-state index contributed by atoms with van der Waals surface area (Å²) in [5, 5.41) is 2.84. The van der Waals surface area contributed by atoms with Crippen molar-refractivity contribution in [1.29, 1.82) is 0 Å². The molecule has 22 heavy (non-hydrogen) atoms. The lowest BCUT2D eigenvalue weighted by molar-refractivity contribution is 0.0458. The summed E-state index contributed by atoms with van der Waals surface area (Å²) in [6.07, 6.45) is 6.93. The van der Waals surface area contributed by atoms with E-state index < -0.39 is 0 Å². The second-order valence-corrected chi connectivity index (χ2v) is 6.93. The summed E-state index contributed by atoms with van der Waals surface area (Å²) in [6, 6.07) is 15.6. The van der Waals surface area contributed by atoms with Crippen LogP contribution in [-0.4, -0.2) is 24.5 Å². The standard InChI is InChI=1S/C20H25N.ClH/c1-2-10-20-17(5-1)6-3-7-18(20)8-4-9-19-15-21-13-11-16(19)12-14-21;/h1-3,5-7,10,16,19H,4,8-9,11-15H2;1H. The molecule has 2 aromatic carbocycles. The third-order valence-corrected chi connectivity index (χ3v) is 5.69. The second-order valence-electron chi connectivity index (χ2n) is 6.93. The van der Waals surface area contributed by atoms with Crippen LogP contribution in [0.25, 0.3) is 10.8 Å². The van der Waals surface area contributed by atoms with E-state index in [4.69, 9.17) is 0 Å². The van der Waals surface area contributed by atoms with Crippen molar-refractivity contribution in [3.8, 4) is 0 Å². The first-order valence-corrected chi connectivity index (χ1v) is 8.59. The summed E-state index contributed by atoms with van der Waals surface area (Å²) in [7, 11) is 0. The summed E-state index contributed by atoms with van der Waals surface area (Å²) < 4.78 is 0. The van der Waals surface area contributed by atoms with Gasteiger partial charge in [-0.05, 0) is 73.4 Å². The average molecular weight is 316 g/mol. The largest absolute Gasteiger partial charge is 0.303 e. The van der Waals surface area contributed by atoms with Crippen LogP contribution >= 0.6 is 12.4 Å². The molecule has 0 N–H and O–H groups in total. The van der Waals surface area contributed by atoms with Crippen LogP contribution in [0.15, 0.2) is 42.5 Å². The Hall–Kier alpha value is -1.05. The predicted octanol–water partition coefficient (Wildman–Crippen LogP) is 4.93. The van der Waals surface area contributed by atoms with Crippen LogP contribution in [0.5, 0.6) is 0 Å². The van der Waals surface area contributed by atoms with Gasteiger partial charge in [0.2, 0.25) is 0 Å². The molecule has 1 atom stereocenters. The van der Waals surface area contributed by atoms with Gasteiger partial charge in [-0.25, -0.2) is 0 Å². The van der Waals surface area contributed by atoms with Crippen LogP contribution in [0.1, 0.15) is 31.2 Å². The van der Waals surface area contributed by atoms with Gasteiger partial charge in [0.15, 0.2) is 0 Å². The maximum absolute atomic E-state index is 2.68. The maximum Gasteiger partial charge on any atom is 0.00123 e. The molecule has 1 nitrogen and oxygen atoms in total. The van der Waals surface area contributed by atoms with Crippen molar-refractivity contribution in [3.05, 3.63) is 48.0 Å². The van der Waals surface area contributed by atoms with E-state index in [1.807, 2.05) is 0 Å². The second kappa shape index (κ2) is 7.02. The molecular weight excluding hydrogens is 290 g/mol. The fourth-order valence-corrected chi connectivity index (χ4v) is 4.48. The molecule has 3 heterocycles. The fourth-order valence-electron chi connectivity index (χ4n) is 4.48. The molecule has 0 spiro atoms. The SMILES string of the molecule is Cl.c1ccc2c(CCCC3CN4CCC3CC4)cccc2c1. The van der Waals surface area contributed by atoms with Crippen LogP contribution in [0.3, 0.4) is 0 Å². The molecule has 0 radical (unpaired) electrons. The zero-order valence-corrected chi connectivity index (χ0v) is 14.0. The number of nitrogens with zero attached hydrogens (tertiary/aromatic N) is 1. The van der Waals surface area contributed by atoms with Crippen molar-refractivity contribution < 1.29 is 0 Å². The van der Waals surface area contributed by atoms with Crippen molar-refractivity contribution in [2.45, 2.75) is 32.1 Å². The molecule has 0 amide bonds. The Bertz CT molecular complexity index is 611. The number of benzene rings is 2. The van der Waals surface area contributed by atoms with Crippen LogP contribution < -0.4 is 0 Å². The average Bonchev–Trinajstić information content (AvgIpc) is 2.56. The molecule has 1 unspecified atom stereocenters. The number of piperidine rings is 3. The maximum atomic E-state index is 2.68. The molecular formula is C20H26ClN. The molecule has 0 saturated carbocycles. The Morgan fingerprint density at radius 3 is 2.50 bits per heavy atom. The van der Waals surface area contributed by atoms with Crippen molar-refractivity contribution in [2.75, 3.05) is 19.6 Å². The third-order valence-electron chi connectivity index (χ3n) is 5.69. The number of hydrogen-bond donors (Lipinski definition) is 0. The van der Waals surface area contributed by atoms with Gasteiger partial charge in [-0.3, -0.25) is 0 Å². The first kappa shape index (κ1) is 15.8. The Morgan fingerprint density at radius 2 is 1.73 bits per heavy atom. The molecule has 2 aromatic rings. The van der Waals surface area contributed by atoms with Gasteiger partial charge in [0.05, 0.1) is 0 Å². The monoisotopic (exact) mass is 315 g/mol. The number of rotatable bonds is 4. The Labute approximate surface area is 140 Å². The lowest BCUT2D eigenvalue weighted by Crippen LogP contribution is -2.47. The normalized spacial score (nSPS) is 26.8. The van der Waals surface area contributed by atoms with E-state index in [2.05, 4.69) is 47.4 Å². The van der Waals surface area contributed by atoms with Gasteiger partial charge in [-0.2, -0.15) is 0 Å². The van der Waals surface area contributed by atoms with Crippen molar-refractivity contribution in [1.82, 2.24) is 4.90 Å². The molecule has 3 aliphatic rings. The minimum absolute atomic E-state index is 0. The van der Waals surface area contributed by atoms with E-state index in [1.54, 1.807) is 0 Å². The van der Waals surface area contributed by atoms with Crippen molar-refractivity contribution in [3.63, 3.8) is 0 Å². The zero-order chi connectivity index (χ0) is 14.1. The van der Waals surface area contributed by atoms with Gasteiger partial charge in [0, 0.05) is 6.54 Å². The highest BCUT2D eigenvalue weighted by Crippen LogP contribution is 2.35. The summed E-state index contributed by atoms with van der Waals surface area (Å²) in [4.78, 5) is 2.68. The topological polar surface area (TPSA) is 3.24 Å². The number of fused-ring (bicyclic) bond motifs is 4. The summed E-state index contributed by atoms with van der Waals surface area (Å²) in [5.74, 6) is 2.00. The predicted molar refractivity (Wildman–Crippen MR) is 96.8 cm³/mol. The van der Waals surface area contributed by atoms with E-state index in [1.165, 1.54) is 68.1 Å². The van der Waals surface area contributed by atoms with E-state index in [0.29, 0.717) is 0 Å². The van der Waals surface area contributed by atoms with Gasteiger partial charge in [-0.15, -0.1) is 12.4 Å². The molecule has 2 heteroatoms. The van der Waals surface area contributed by atoms with E-state index in [9.17, 15) is 0 Å². The number of aryl methyl sites for hydroxylation is 1. The quantitative estimate of drug-likeness (QED) is 0.773. The van der Waals surface area contributed by atoms with Crippen molar-refractivity contribution in [2.24, 2.45) is 11.8 Å². The van der Waals surface area contributed by atoms with Crippen molar-refractivity contribution >= 4 is 23.2 Å². The summed E-state index contributed by atoms with van der Waals surface area (Å²) in [5.41, 5.74) is 1.54. The number of hydrogen-bond acceptors (Lipinski definition) is 1.